The lowest BCUT2D eigenvalue weighted by Crippen LogP contribution is -2.55. The van der Waals surface area contributed by atoms with Gasteiger partial charge in [0.1, 0.15) is 12.1 Å². The van der Waals surface area contributed by atoms with Gasteiger partial charge in [-0.15, -0.1) is 0 Å². The molecule has 184 valence electrons. The van der Waals surface area contributed by atoms with Gasteiger partial charge in [0.05, 0.1) is 0 Å². The van der Waals surface area contributed by atoms with Crippen LogP contribution >= 0.6 is 0 Å². The van der Waals surface area contributed by atoms with Crippen LogP contribution in [0.2, 0.25) is 0 Å². The van der Waals surface area contributed by atoms with Crippen LogP contribution in [0.15, 0.2) is 42.5 Å². The monoisotopic (exact) mass is 466 g/mol. The summed E-state index contributed by atoms with van der Waals surface area (Å²) in [4.78, 5) is 42.9. The maximum absolute atomic E-state index is 13.4. The number of hydrogen-bond donors (Lipinski definition) is 2. The molecule has 2 aromatic carbocycles. The van der Waals surface area contributed by atoms with Gasteiger partial charge in [-0.25, -0.2) is 0 Å². The predicted molar refractivity (Wildman–Crippen MR) is 135 cm³/mol. The summed E-state index contributed by atoms with van der Waals surface area (Å²) in [6, 6.07) is 13.0. The topological polar surface area (TPSA) is 81.8 Å². The second-order valence-electron chi connectivity index (χ2n) is 10.2. The van der Waals surface area contributed by atoms with Gasteiger partial charge in [-0.3, -0.25) is 14.4 Å². The van der Waals surface area contributed by atoms with Crippen molar-refractivity contribution in [3.05, 3.63) is 48.0 Å². The van der Waals surface area contributed by atoms with Crippen molar-refractivity contribution in [1.82, 2.24) is 20.4 Å². The molecule has 0 aliphatic carbocycles. The van der Waals surface area contributed by atoms with E-state index in [1.54, 1.807) is 16.8 Å². The van der Waals surface area contributed by atoms with Crippen molar-refractivity contribution in [1.29, 1.82) is 0 Å². The molecule has 0 saturated carbocycles. The molecule has 0 aromatic heterocycles. The second kappa shape index (κ2) is 11.0. The number of carbonyl (C=O) groups is 3. The molecule has 1 aliphatic rings. The lowest BCUT2D eigenvalue weighted by molar-refractivity contribution is -0.145. The van der Waals surface area contributed by atoms with Crippen LogP contribution < -0.4 is 10.6 Å². The molecular formula is C27H38N4O3. The van der Waals surface area contributed by atoms with Crippen molar-refractivity contribution in [3.63, 3.8) is 0 Å². The van der Waals surface area contributed by atoms with Gasteiger partial charge in [-0.05, 0) is 36.2 Å². The van der Waals surface area contributed by atoms with E-state index < -0.39 is 17.5 Å². The zero-order valence-corrected chi connectivity index (χ0v) is 21.1. The molecule has 7 nitrogen and oxygen atoms in total. The van der Waals surface area contributed by atoms with Crippen LogP contribution in [0, 0.1) is 5.41 Å². The average molecular weight is 467 g/mol. The first-order valence-corrected chi connectivity index (χ1v) is 12.1. The molecular weight excluding hydrogens is 428 g/mol. The highest BCUT2D eigenvalue weighted by molar-refractivity contribution is 5.93. The van der Waals surface area contributed by atoms with E-state index in [2.05, 4.69) is 22.8 Å². The number of fused-ring (bicyclic) bond motifs is 1. The van der Waals surface area contributed by atoms with Crippen LogP contribution in [0.3, 0.4) is 0 Å². The third kappa shape index (κ3) is 6.14. The number of carbonyl (C=O) groups excluding carboxylic acids is 3. The minimum absolute atomic E-state index is 0.0336. The van der Waals surface area contributed by atoms with Gasteiger partial charge in [0.15, 0.2) is 0 Å². The molecule has 2 atom stereocenters. The molecule has 1 heterocycles. The molecule has 3 rings (SSSR count). The van der Waals surface area contributed by atoms with Gasteiger partial charge in [0.25, 0.3) is 0 Å². The molecule has 1 fully saturated rings. The summed E-state index contributed by atoms with van der Waals surface area (Å²) in [7, 11) is 3.60. The largest absolute Gasteiger partial charge is 0.343 e. The number of likely N-dealkylation sites (N-methyl/N-ethyl adjacent to an activating group) is 2. The highest BCUT2D eigenvalue weighted by atomic mass is 16.2. The molecule has 1 unspecified atom stereocenters. The van der Waals surface area contributed by atoms with Crippen molar-refractivity contribution in [2.24, 2.45) is 5.41 Å². The lowest BCUT2D eigenvalue weighted by Gasteiger charge is -2.32. The standard InChI is InChI=1S/C27H38N4O3/c1-27(2,3)26(34)31-15-8-11-23(31)24(32)29-22(25(33)30(5)16-14-28-4)18-19-12-13-20-9-6-7-10-21(20)17-19/h6-7,9-10,12-13,17,22-23,28H,8,11,14-16,18H2,1-5H3,(H,29,32)/t22-,23?/m1/s1. The lowest BCUT2D eigenvalue weighted by atomic mass is 9.94. The van der Waals surface area contributed by atoms with Crippen molar-refractivity contribution in [2.75, 3.05) is 33.7 Å². The van der Waals surface area contributed by atoms with Crippen LogP contribution in [0.5, 0.6) is 0 Å². The van der Waals surface area contributed by atoms with Gasteiger partial charge in [0, 0.05) is 38.5 Å². The zero-order valence-electron chi connectivity index (χ0n) is 21.1. The Labute approximate surface area is 202 Å². The third-order valence-electron chi connectivity index (χ3n) is 6.40. The van der Waals surface area contributed by atoms with Crippen molar-refractivity contribution >= 4 is 28.5 Å². The van der Waals surface area contributed by atoms with Crippen molar-refractivity contribution in [2.45, 2.75) is 52.1 Å². The molecule has 34 heavy (non-hydrogen) atoms. The van der Waals surface area contributed by atoms with Gasteiger partial charge >= 0.3 is 0 Å². The van der Waals surface area contributed by atoms with Crippen LogP contribution in [0.4, 0.5) is 0 Å². The third-order valence-corrected chi connectivity index (χ3v) is 6.40. The van der Waals surface area contributed by atoms with Crippen molar-refractivity contribution < 1.29 is 14.4 Å². The van der Waals surface area contributed by atoms with E-state index in [1.807, 2.05) is 58.2 Å². The molecule has 2 aromatic rings. The molecule has 0 spiro atoms. The molecule has 0 radical (unpaired) electrons. The quantitative estimate of drug-likeness (QED) is 0.627. The first-order chi connectivity index (χ1) is 16.1. The van der Waals surface area contributed by atoms with E-state index in [4.69, 9.17) is 0 Å². The van der Waals surface area contributed by atoms with Crippen LogP contribution in [-0.4, -0.2) is 73.3 Å². The average Bonchev–Trinajstić information content (AvgIpc) is 3.30. The summed E-state index contributed by atoms with van der Waals surface area (Å²) in [5.74, 6) is -0.423. The SMILES string of the molecule is CNCCN(C)C(=O)[C@@H](Cc1ccc2ccccc2c1)NC(=O)C1CCCN1C(=O)C(C)(C)C. The molecule has 3 amide bonds. The fraction of sp³-hybridized carbons (Fsp3) is 0.519. The molecule has 2 N–H and O–H groups in total. The van der Waals surface area contributed by atoms with E-state index in [0.29, 0.717) is 32.5 Å². The number of nitrogens with one attached hydrogen (secondary N) is 2. The summed E-state index contributed by atoms with van der Waals surface area (Å²) in [5.41, 5.74) is 0.421. The van der Waals surface area contributed by atoms with Gasteiger partial charge in [-0.2, -0.15) is 0 Å². The molecule has 0 bridgehead atoms. The maximum Gasteiger partial charge on any atom is 0.245 e. The van der Waals surface area contributed by atoms with Gasteiger partial charge in [0.2, 0.25) is 17.7 Å². The van der Waals surface area contributed by atoms with E-state index >= 15 is 0 Å². The Morgan fingerprint density at radius 3 is 2.50 bits per heavy atom. The van der Waals surface area contributed by atoms with Crippen molar-refractivity contribution in [3.8, 4) is 0 Å². The Morgan fingerprint density at radius 1 is 1.12 bits per heavy atom. The number of amides is 3. The van der Waals surface area contributed by atoms with Crippen LogP contribution in [0.1, 0.15) is 39.2 Å². The van der Waals surface area contributed by atoms with Crippen LogP contribution in [-0.2, 0) is 20.8 Å². The Bertz CT molecular complexity index is 1030. The fourth-order valence-electron chi connectivity index (χ4n) is 4.44. The maximum atomic E-state index is 13.4. The van der Waals surface area contributed by atoms with E-state index in [0.717, 1.165) is 22.8 Å². The van der Waals surface area contributed by atoms with E-state index in [1.165, 1.54) is 0 Å². The Morgan fingerprint density at radius 2 is 1.82 bits per heavy atom. The molecule has 1 aliphatic heterocycles. The van der Waals surface area contributed by atoms with Gasteiger partial charge in [-0.1, -0.05) is 63.2 Å². The summed E-state index contributed by atoms with van der Waals surface area (Å²) < 4.78 is 0. The smallest absolute Gasteiger partial charge is 0.245 e. The minimum atomic E-state index is -0.706. The number of rotatable bonds is 8. The van der Waals surface area contributed by atoms with E-state index in [9.17, 15) is 14.4 Å². The number of benzene rings is 2. The second-order valence-corrected chi connectivity index (χ2v) is 10.2. The number of likely N-dealkylation sites (tertiary alicyclic amines) is 1. The molecule has 7 heteroatoms. The first kappa shape index (κ1) is 25.7. The van der Waals surface area contributed by atoms with Gasteiger partial charge < -0.3 is 20.4 Å². The summed E-state index contributed by atoms with van der Waals surface area (Å²) in [6.45, 7) is 7.37. The Kier molecular flexibility index (Phi) is 8.31. The summed E-state index contributed by atoms with van der Waals surface area (Å²) >= 11 is 0. The summed E-state index contributed by atoms with van der Waals surface area (Å²) in [5, 5.41) is 8.29. The first-order valence-electron chi connectivity index (χ1n) is 12.1. The Hall–Kier alpha value is -2.93. The number of nitrogens with zero attached hydrogens (tertiary/aromatic N) is 2. The zero-order chi connectivity index (χ0) is 24.9. The number of hydrogen-bond acceptors (Lipinski definition) is 4. The highest BCUT2D eigenvalue weighted by Crippen LogP contribution is 2.26. The molecule has 1 saturated heterocycles. The normalized spacial score (nSPS) is 17.0. The van der Waals surface area contributed by atoms with Crippen LogP contribution in [0.25, 0.3) is 10.8 Å². The fourth-order valence-corrected chi connectivity index (χ4v) is 4.44. The Balaban J connectivity index is 1.81. The van der Waals surface area contributed by atoms with E-state index in [-0.39, 0.29) is 17.7 Å². The predicted octanol–water partition coefficient (Wildman–Crippen LogP) is 2.58. The summed E-state index contributed by atoms with van der Waals surface area (Å²) in [6.07, 6.45) is 1.78. The highest BCUT2D eigenvalue weighted by Gasteiger charge is 2.39. The minimum Gasteiger partial charge on any atom is -0.343 e.